The van der Waals surface area contributed by atoms with Gasteiger partial charge in [-0.25, -0.2) is 0 Å². The first kappa shape index (κ1) is 21.2. The molecule has 0 amide bonds. The fourth-order valence-corrected chi connectivity index (χ4v) is 4.76. The topological polar surface area (TPSA) is 29.5 Å². The number of rotatable bonds is 8. The molecule has 1 N–H and O–H groups in total. The van der Waals surface area contributed by atoms with E-state index in [2.05, 4.69) is 53.7 Å². The van der Waals surface area contributed by atoms with E-state index < -0.39 is 6.10 Å². The van der Waals surface area contributed by atoms with Crippen molar-refractivity contribution >= 4 is 0 Å². The van der Waals surface area contributed by atoms with Gasteiger partial charge in [-0.05, 0) is 41.9 Å². The van der Waals surface area contributed by atoms with Gasteiger partial charge in [0.05, 0.1) is 19.6 Å². The van der Waals surface area contributed by atoms with E-state index in [0.717, 1.165) is 29.7 Å². The van der Waals surface area contributed by atoms with Crippen molar-refractivity contribution in [3.05, 3.63) is 29.8 Å². The fourth-order valence-electron chi connectivity index (χ4n) is 4.76. The lowest BCUT2D eigenvalue weighted by atomic mass is 9.72. The molecule has 0 saturated carbocycles. The number of ether oxygens (including phenoxy) is 1. The molecule has 0 spiro atoms. The van der Waals surface area contributed by atoms with E-state index in [4.69, 9.17) is 4.74 Å². The predicted molar refractivity (Wildman–Crippen MR) is 110 cm³/mol. The number of likely N-dealkylation sites (tertiary alicyclic amines) is 1. The highest BCUT2D eigenvalue weighted by molar-refractivity contribution is 5.31. The molecule has 3 nitrogen and oxygen atoms in total. The van der Waals surface area contributed by atoms with E-state index in [0.29, 0.717) is 12.0 Å². The lowest BCUT2D eigenvalue weighted by molar-refractivity contribution is -0.917. The Morgan fingerprint density at radius 1 is 1.04 bits per heavy atom. The van der Waals surface area contributed by atoms with E-state index in [9.17, 15) is 5.11 Å². The molecule has 1 aromatic rings. The van der Waals surface area contributed by atoms with Gasteiger partial charge in [-0.2, -0.15) is 0 Å². The van der Waals surface area contributed by atoms with Crippen LogP contribution in [-0.4, -0.2) is 48.5 Å². The van der Waals surface area contributed by atoms with Gasteiger partial charge < -0.3 is 14.3 Å². The quantitative estimate of drug-likeness (QED) is 0.675. The molecule has 1 aliphatic rings. The van der Waals surface area contributed by atoms with Crippen LogP contribution in [0.15, 0.2) is 24.3 Å². The van der Waals surface area contributed by atoms with Crippen molar-refractivity contribution < 1.29 is 14.3 Å². The zero-order chi connectivity index (χ0) is 19.4. The van der Waals surface area contributed by atoms with Crippen LogP contribution in [0.5, 0.6) is 5.75 Å². The summed E-state index contributed by atoms with van der Waals surface area (Å²) in [6.45, 7) is 18.4. The maximum atomic E-state index is 10.4. The Morgan fingerprint density at radius 3 is 2.12 bits per heavy atom. The van der Waals surface area contributed by atoms with Crippen LogP contribution >= 0.6 is 0 Å². The van der Waals surface area contributed by atoms with Crippen molar-refractivity contribution in [3.63, 3.8) is 0 Å². The van der Waals surface area contributed by atoms with Gasteiger partial charge in [-0.15, -0.1) is 0 Å². The first-order valence-electron chi connectivity index (χ1n) is 10.3. The number of benzene rings is 1. The average Bonchev–Trinajstić information content (AvgIpc) is 3.00. The zero-order valence-corrected chi connectivity index (χ0v) is 17.8. The Morgan fingerprint density at radius 2 is 1.62 bits per heavy atom. The van der Waals surface area contributed by atoms with E-state index in [-0.39, 0.29) is 5.41 Å². The maximum Gasteiger partial charge on any atom is 0.137 e. The summed E-state index contributed by atoms with van der Waals surface area (Å²) in [4.78, 5) is 0. The molecule has 1 saturated heterocycles. The van der Waals surface area contributed by atoms with Crippen LogP contribution in [0.4, 0.5) is 0 Å². The predicted octanol–water partition coefficient (Wildman–Crippen LogP) is 4.77. The highest BCUT2D eigenvalue weighted by Crippen LogP contribution is 2.36. The zero-order valence-electron chi connectivity index (χ0n) is 17.8. The Bertz CT molecular complexity index is 551. The third-order valence-electron chi connectivity index (χ3n) is 5.83. The minimum atomic E-state index is -0.398. The Kier molecular flexibility index (Phi) is 6.79. The van der Waals surface area contributed by atoms with Crippen molar-refractivity contribution in [1.82, 2.24) is 0 Å². The molecule has 3 heteroatoms. The third-order valence-corrected chi connectivity index (χ3v) is 5.83. The first-order chi connectivity index (χ1) is 12.1. The summed E-state index contributed by atoms with van der Waals surface area (Å²) in [7, 11) is 0. The van der Waals surface area contributed by atoms with Gasteiger partial charge in [0, 0.05) is 12.8 Å². The van der Waals surface area contributed by atoms with Crippen molar-refractivity contribution in [2.75, 3.05) is 32.8 Å². The summed E-state index contributed by atoms with van der Waals surface area (Å²) < 4.78 is 6.92. The highest BCUT2D eigenvalue weighted by Gasteiger charge is 2.32. The highest BCUT2D eigenvalue weighted by atomic mass is 16.5. The smallest absolute Gasteiger partial charge is 0.137 e. The second-order valence-corrected chi connectivity index (χ2v) is 10.1. The second-order valence-electron chi connectivity index (χ2n) is 10.1. The number of aliphatic hydroxyl groups excluding tert-OH is 1. The van der Waals surface area contributed by atoms with E-state index in [1.54, 1.807) is 0 Å². The normalized spacial score (nSPS) is 18.7. The Labute approximate surface area is 161 Å². The van der Waals surface area contributed by atoms with Gasteiger partial charge in [0.1, 0.15) is 25.0 Å². The SMILES string of the molecule is CC[N+]1(C[C@H](O)COc2ccc(C(C)(C)CC(C)(C)C)cc2)CCCC1. The largest absolute Gasteiger partial charge is 0.491 e. The minimum Gasteiger partial charge on any atom is -0.491 e. The summed E-state index contributed by atoms with van der Waals surface area (Å²) in [5.41, 5.74) is 1.79. The first-order valence-corrected chi connectivity index (χ1v) is 10.3. The average molecular weight is 363 g/mol. The summed E-state index contributed by atoms with van der Waals surface area (Å²) in [6.07, 6.45) is 3.31. The molecule has 0 unspecified atom stereocenters. The molecule has 1 aromatic carbocycles. The molecule has 1 atom stereocenters. The van der Waals surface area contributed by atoms with E-state index in [1.165, 1.54) is 31.5 Å². The lowest BCUT2D eigenvalue weighted by Gasteiger charge is -2.34. The van der Waals surface area contributed by atoms with Crippen LogP contribution in [-0.2, 0) is 5.41 Å². The molecule has 2 rings (SSSR count). The lowest BCUT2D eigenvalue weighted by Crippen LogP contribution is -2.50. The van der Waals surface area contributed by atoms with Crippen molar-refractivity contribution in [2.24, 2.45) is 5.41 Å². The molecule has 0 bridgehead atoms. The van der Waals surface area contributed by atoms with Crippen LogP contribution in [0.25, 0.3) is 0 Å². The van der Waals surface area contributed by atoms with Crippen LogP contribution in [0.1, 0.15) is 66.4 Å². The molecule has 1 aliphatic heterocycles. The number of nitrogens with zero attached hydrogens (tertiary/aromatic N) is 1. The molecular weight excluding hydrogens is 322 g/mol. The van der Waals surface area contributed by atoms with E-state index in [1.807, 2.05) is 12.1 Å². The maximum absolute atomic E-state index is 10.4. The van der Waals surface area contributed by atoms with Gasteiger partial charge >= 0.3 is 0 Å². The van der Waals surface area contributed by atoms with Gasteiger partial charge in [0.25, 0.3) is 0 Å². The van der Waals surface area contributed by atoms with Crippen molar-refractivity contribution in [3.8, 4) is 5.75 Å². The van der Waals surface area contributed by atoms with Gasteiger partial charge in [0.2, 0.25) is 0 Å². The summed E-state index contributed by atoms with van der Waals surface area (Å²) >= 11 is 0. The van der Waals surface area contributed by atoms with Crippen LogP contribution in [0, 0.1) is 5.41 Å². The number of quaternary nitrogens is 1. The molecule has 0 aliphatic carbocycles. The number of hydrogen-bond acceptors (Lipinski definition) is 2. The number of hydrogen-bond donors (Lipinski definition) is 1. The molecule has 0 aromatic heterocycles. The molecule has 0 radical (unpaired) electrons. The summed E-state index contributed by atoms with van der Waals surface area (Å²) in [6, 6.07) is 8.45. The minimum absolute atomic E-state index is 0.143. The standard InChI is InChI=1S/C23H40NO2/c1-7-24(14-8-9-15-24)16-20(25)17-26-21-12-10-19(11-13-21)23(5,6)18-22(2,3)4/h10-13,20,25H,7-9,14-18H2,1-6H3/q+1/t20-/m0/s1. The summed E-state index contributed by atoms with van der Waals surface area (Å²) in [5, 5.41) is 10.4. The van der Waals surface area contributed by atoms with Gasteiger partial charge in [0.15, 0.2) is 0 Å². The number of aliphatic hydroxyl groups is 1. The fraction of sp³-hybridized carbons (Fsp3) is 0.739. The van der Waals surface area contributed by atoms with Crippen LogP contribution in [0.2, 0.25) is 0 Å². The Balaban J connectivity index is 1.89. The van der Waals surface area contributed by atoms with Gasteiger partial charge in [-0.1, -0.05) is 46.8 Å². The van der Waals surface area contributed by atoms with Crippen LogP contribution in [0.3, 0.4) is 0 Å². The molecule has 1 fully saturated rings. The molecular formula is C23H40NO2+. The van der Waals surface area contributed by atoms with E-state index >= 15 is 0 Å². The molecule has 1 heterocycles. The molecule has 148 valence electrons. The van der Waals surface area contributed by atoms with Gasteiger partial charge in [-0.3, -0.25) is 0 Å². The van der Waals surface area contributed by atoms with Crippen LogP contribution < -0.4 is 4.74 Å². The summed E-state index contributed by atoms with van der Waals surface area (Å²) in [5.74, 6) is 0.851. The second kappa shape index (κ2) is 8.31. The van der Waals surface area contributed by atoms with Crippen molar-refractivity contribution in [1.29, 1.82) is 0 Å². The number of likely N-dealkylation sites (N-methyl/N-ethyl adjacent to an activating group) is 1. The molecule has 26 heavy (non-hydrogen) atoms. The van der Waals surface area contributed by atoms with Crippen molar-refractivity contribution in [2.45, 2.75) is 72.3 Å². The third kappa shape index (κ3) is 5.99. The Hall–Kier alpha value is -1.06. The monoisotopic (exact) mass is 362 g/mol.